The van der Waals surface area contributed by atoms with Crippen LogP contribution < -0.4 is 5.32 Å². The summed E-state index contributed by atoms with van der Waals surface area (Å²) in [5, 5.41) is 11.9. The Morgan fingerprint density at radius 2 is 2.47 bits per heavy atom. The Bertz CT molecular complexity index is 427. The summed E-state index contributed by atoms with van der Waals surface area (Å²) in [5.74, 6) is 0.711. The maximum absolute atomic E-state index is 12.0. The van der Waals surface area contributed by atoms with E-state index in [1.54, 1.807) is 6.26 Å². The van der Waals surface area contributed by atoms with Crippen LogP contribution in [0.25, 0.3) is 0 Å². The lowest BCUT2D eigenvalue weighted by Gasteiger charge is -2.34. The van der Waals surface area contributed by atoms with Crippen LogP contribution in [0.3, 0.4) is 0 Å². The van der Waals surface area contributed by atoms with Gasteiger partial charge >= 0.3 is 0 Å². The molecule has 0 bridgehead atoms. The van der Waals surface area contributed by atoms with Crippen LogP contribution in [0.2, 0.25) is 0 Å². The van der Waals surface area contributed by atoms with Crippen molar-refractivity contribution in [3.05, 3.63) is 24.2 Å². The molecule has 2 rings (SSSR count). The third kappa shape index (κ3) is 2.33. The molecule has 1 heterocycles. The molecule has 1 aliphatic rings. The van der Waals surface area contributed by atoms with E-state index in [0.29, 0.717) is 19.3 Å². The van der Waals surface area contributed by atoms with Gasteiger partial charge in [-0.05, 0) is 38.3 Å². The first kappa shape index (κ1) is 11.7. The number of rotatable bonds is 4. The van der Waals surface area contributed by atoms with E-state index in [-0.39, 0.29) is 11.9 Å². The zero-order chi connectivity index (χ0) is 12.3. The van der Waals surface area contributed by atoms with Gasteiger partial charge in [0.15, 0.2) is 0 Å². The van der Waals surface area contributed by atoms with E-state index in [4.69, 9.17) is 9.68 Å². The molecule has 0 saturated heterocycles. The Kier molecular flexibility index (Phi) is 3.19. The maximum atomic E-state index is 12.0. The molecular formula is C13H16N2O2. The zero-order valence-corrected chi connectivity index (χ0v) is 9.90. The van der Waals surface area contributed by atoms with Gasteiger partial charge in [0.25, 0.3) is 0 Å². The molecule has 0 spiro atoms. The zero-order valence-electron chi connectivity index (χ0n) is 9.90. The van der Waals surface area contributed by atoms with Crippen molar-refractivity contribution in [2.45, 2.75) is 38.6 Å². The summed E-state index contributed by atoms with van der Waals surface area (Å²) >= 11 is 0. The van der Waals surface area contributed by atoms with Crippen LogP contribution in [0, 0.1) is 16.7 Å². The quantitative estimate of drug-likeness (QED) is 0.863. The van der Waals surface area contributed by atoms with E-state index in [1.165, 1.54) is 0 Å². The molecule has 1 fully saturated rings. The van der Waals surface area contributed by atoms with Crippen molar-refractivity contribution < 1.29 is 9.21 Å². The number of carbonyl (C=O) groups is 1. The van der Waals surface area contributed by atoms with Crippen LogP contribution >= 0.6 is 0 Å². The van der Waals surface area contributed by atoms with Gasteiger partial charge in [0.1, 0.15) is 11.2 Å². The van der Waals surface area contributed by atoms with Gasteiger partial charge in [0.05, 0.1) is 12.3 Å². The number of hydrogen-bond acceptors (Lipinski definition) is 3. The van der Waals surface area contributed by atoms with Gasteiger partial charge in [-0.3, -0.25) is 4.79 Å². The van der Waals surface area contributed by atoms with Crippen molar-refractivity contribution in [2.75, 3.05) is 0 Å². The summed E-state index contributed by atoms with van der Waals surface area (Å²) in [6.07, 6.45) is 4.60. The van der Waals surface area contributed by atoms with Crippen molar-refractivity contribution in [3.8, 4) is 6.07 Å². The molecule has 1 saturated carbocycles. The molecule has 0 aliphatic heterocycles. The summed E-state index contributed by atoms with van der Waals surface area (Å²) in [4.78, 5) is 12.0. The van der Waals surface area contributed by atoms with E-state index in [2.05, 4.69) is 11.4 Å². The third-order valence-electron chi connectivity index (χ3n) is 3.32. The second kappa shape index (κ2) is 4.62. The van der Waals surface area contributed by atoms with Crippen LogP contribution in [-0.4, -0.2) is 11.9 Å². The highest BCUT2D eigenvalue weighted by Gasteiger charge is 2.44. The van der Waals surface area contributed by atoms with Crippen LogP contribution in [-0.2, 0) is 11.2 Å². The highest BCUT2D eigenvalue weighted by molar-refractivity contribution is 5.86. The number of hydrogen-bond donors (Lipinski definition) is 1. The molecule has 1 atom stereocenters. The van der Waals surface area contributed by atoms with E-state index in [9.17, 15) is 4.79 Å². The Labute approximate surface area is 101 Å². The number of amides is 1. The molecular weight excluding hydrogens is 216 g/mol. The monoisotopic (exact) mass is 232 g/mol. The van der Waals surface area contributed by atoms with Crippen LogP contribution in [0.5, 0.6) is 0 Å². The first-order chi connectivity index (χ1) is 8.16. The second-order valence-electron chi connectivity index (χ2n) is 4.71. The summed E-state index contributed by atoms with van der Waals surface area (Å²) in [7, 11) is 0. The van der Waals surface area contributed by atoms with Gasteiger partial charge in [-0.1, -0.05) is 0 Å². The van der Waals surface area contributed by atoms with Crippen molar-refractivity contribution in [1.29, 1.82) is 5.26 Å². The lowest BCUT2D eigenvalue weighted by molar-refractivity contribution is -0.132. The van der Waals surface area contributed by atoms with Crippen LogP contribution in [0.15, 0.2) is 22.8 Å². The number of furan rings is 1. The minimum absolute atomic E-state index is 0.0144. The average molecular weight is 232 g/mol. The molecule has 1 unspecified atom stereocenters. The smallest absolute Gasteiger partial charge is 0.240 e. The van der Waals surface area contributed by atoms with Gasteiger partial charge in [-0.15, -0.1) is 0 Å². The molecule has 0 radical (unpaired) electrons. The first-order valence-corrected chi connectivity index (χ1v) is 5.91. The Balaban J connectivity index is 1.88. The van der Waals surface area contributed by atoms with Crippen molar-refractivity contribution in [1.82, 2.24) is 5.32 Å². The highest BCUT2D eigenvalue weighted by Crippen LogP contribution is 2.40. The lowest BCUT2D eigenvalue weighted by Crippen LogP contribution is -2.48. The summed E-state index contributed by atoms with van der Waals surface area (Å²) in [5.41, 5.74) is -0.766. The molecule has 1 N–H and O–H groups in total. The minimum atomic E-state index is -0.766. The molecule has 1 aliphatic carbocycles. The Morgan fingerprint density at radius 3 is 2.94 bits per heavy atom. The van der Waals surface area contributed by atoms with Crippen molar-refractivity contribution in [3.63, 3.8) is 0 Å². The number of nitrogens with zero attached hydrogens (tertiary/aromatic N) is 1. The molecule has 1 amide bonds. The average Bonchev–Trinajstić information content (AvgIpc) is 2.69. The van der Waals surface area contributed by atoms with Crippen molar-refractivity contribution in [2.24, 2.45) is 5.41 Å². The lowest BCUT2D eigenvalue weighted by atomic mass is 9.69. The van der Waals surface area contributed by atoms with Gasteiger partial charge in [-0.2, -0.15) is 5.26 Å². The van der Waals surface area contributed by atoms with Crippen molar-refractivity contribution >= 4 is 5.91 Å². The van der Waals surface area contributed by atoms with Gasteiger partial charge in [0.2, 0.25) is 5.91 Å². The number of nitrogens with one attached hydrogen (secondary N) is 1. The SMILES string of the molecule is CC(Cc1ccco1)NC(=O)C1(C#N)CCC1. The Hall–Kier alpha value is -1.76. The fraction of sp³-hybridized carbons (Fsp3) is 0.538. The predicted molar refractivity (Wildman–Crippen MR) is 61.9 cm³/mol. The maximum Gasteiger partial charge on any atom is 0.240 e. The number of carbonyl (C=O) groups excluding carboxylic acids is 1. The van der Waals surface area contributed by atoms with Gasteiger partial charge in [-0.25, -0.2) is 0 Å². The molecule has 1 aromatic rings. The van der Waals surface area contributed by atoms with Gasteiger partial charge < -0.3 is 9.73 Å². The molecule has 90 valence electrons. The molecule has 0 aromatic carbocycles. The first-order valence-electron chi connectivity index (χ1n) is 5.91. The molecule has 1 aromatic heterocycles. The third-order valence-corrected chi connectivity index (χ3v) is 3.32. The largest absolute Gasteiger partial charge is 0.469 e. The molecule has 4 nitrogen and oxygen atoms in total. The standard InChI is InChI=1S/C13H16N2O2/c1-10(8-11-4-2-7-17-11)15-12(16)13(9-14)5-3-6-13/h2,4,7,10H,3,5-6,8H2,1H3,(H,15,16). The second-order valence-corrected chi connectivity index (χ2v) is 4.71. The van der Waals surface area contributed by atoms with E-state index in [0.717, 1.165) is 12.2 Å². The fourth-order valence-electron chi connectivity index (χ4n) is 2.06. The molecule has 4 heteroatoms. The number of nitriles is 1. The predicted octanol–water partition coefficient (Wildman–Crippen LogP) is 2.02. The van der Waals surface area contributed by atoms with Crippen LogP contribution in [0.1, 0.15) is 31.9 Å². The van der Waals surface area contributed by atoms with E-state index < -0.39 is 5.41 Å². The van der Waals surface area contributed by atoms with Crippen LogP contribution in [0.4, 0.5) is 0 Å². The summed E-state index contributed by atoms with van der Waals surface area (Å²) in [6, 6.07) is 5.84. The summed E-state index contributed by atoms with van der Waals surface area (Å²) < 4.78 is 5.22. The Morgan fingerprint density at radius 1 is 1.71 bits per heavy atom. The van der Waals surface area contributed by atoms with E-state index >= 15 is 0 Å². The van der Waals surface area contributed by atoms with E-state index in [1.807, 2.05) is 19.1 Å². The topological polar surface area (TPSA) is 66.0 Å². The molecule has 17 heavy (non-hydrogen) atoms. The highest BCUT2D eigenvalue weighted by atomic mass is 16.3. The normalized spacial score (nSPS) is 18.8. The fourth-order valence-corrected chi connectivity index (χ4v) is 2.06. The summed E-state index contributed by atoms with van der Waals surface area (Å²) in [6.45, 7) is 1.92. The van der Waals surface area contributed by atoms with Gasteiger partial charge in [0, 0.05) is 12.5 Å². The minimum Gasteiger partial charge on any atom is -0.469 e.